The van der Waals surface area contributed by atoms with E-state index >= 15 is 0 Å². The maximum Gasteiger partial charge on any atom is 0.265 e. The quantitative estimate of drug-likeness (QED) is 0.653. The van der Waals surface area contributed by atoms with E-state index in [0.29, 0.717) is 0 Å². The maximum absolute atomic E-state index is 12.9. The zero-order chi connectivity index (χ0) is 13.2. The van der Waals surface area contributed by atoms with Gasteiger partial charge in [-0.2, -0.15) is 4.39 Å². The molecule has 0 unspecified atom stereocenters. The van der Waals surface area contributed by atoms with Crippen molar-refractivity contribution in [3.63, 3.8) is 0 Å². The Balaban J connectivity index is 2.37. The average molecular weight is 267 g/mol. The van der Waals surface area contributed by atoms with Gasteiger partial charge in [-0.15, -0.1) is 0 Å². The lowest BCUT2D eigenvalue weighted by molar-refractivity contribution is 0.584. The molecule has 0 saturated heterocycles. The highest BCUT2D eigenvalue weighted by molar-refractivity contribution is 7.92. The minimum atomic E-state index is -3.86. The number of rotatable bonds is 3. The Labute approximate surface area is 104 Å². The largest absolute Gasteiger partial charge is 0.398 e. The average Bonchev–Trinajstić information content (AvgIpc) is 2.28. The second-order valence-corrected chi connectivity index (χ2v) is 5.14. The number of hydrogen-bond donors (Lipinski definition) is 2. The van der Waals surface area contributed by atoms with Crippen molar-refractivity contribution in [1.82, 2.24) is 4.98 Å². The zero-order valence-corrected chi connectivity index (χ0v) is 9.99. The molecule has 0 bridgehead atoms. The summed E-state index contributed by atoms with van der Waals surface area (Å²) in [6, 6.07) is 9.81. The van der Waals surface area contributed by atoms with Crippen molar-refractivity contribution < 1.29 is 12.8 Å². The van der Waals surface area contributed by atoms with Gasteiger partial charge < -0.3 is 5.73 Å². The highest BCUT2D eigenvalue weighted by atomic mass is 32.2. The van der Waals surface area contributed by atoms with Gasteiger partial charge in [0, 0.05) is 0 Å². The summed E-state index contributed by atoms with van der Waals surface area (Å²) < 4.78 is 39.0. The van der Waals surface area contributed by atoms with Gasteiger partial charge >= 0.3 is 0 Å². The molecule has 3 N–H and O–H groups in total. The van der Waals surface area contributed by atoms with Crippen molar-refractivity contribution in [3.8, 4) is 0 Å². The first-order valence-electron chi connectivity index (χ1n) is 4.99. The van der Waals surface area contributed by atoms with Crippen LogP contribution in [0.25, 0.3) is 0 Å². The molecule has 0 saturated carbocycles. The number of para-hydroxylation sites is 1. The minimum Gasteiger partial charge on any atom is -0.398 e. The highest BCUT2D eigenvalue weighted by Crippen LogP contribution is 2.20. The van der Waals surface area contributed by atoms with Crippen molar-refractivity contribution >= 4 is 21.5 Å². The van der Waals surface area contributed by atoms with Gasteiger partial charge in [0.15, 0.2) is 0 Å². The Hall–Kier alpha value is -2.15. The summed E-state index contributed by atoms with van der Waals surface area (Å²) in [5.74, 6) is -0.866. The minimum absolute atomic E-state index is 0.0731. The summed E-state index contributed by atoms with van der Waals surface area (Å²) in [4.78, 5) is 3.34. The van der Waals surface area contributed by atoms with Gasteiger partial charge in [0.1, 0.15) is 10.7 Å². The number of nitrogens with two attached hydrogens (primary N) is 1. The third kappa shape index (κ3) is 2.57. The van der Waals surface area contributed by atoms with Crippen LogP contribution in [0, 0.1) is 5.95 Å². The number of pyridine rings is 1. The van der Waals surface area contributed by atoms with E-state index in [9.17, 15) is 12.8 Å². The molecule has 0 radical (unpaired) electrons. The van der Waals surface area contributed by atoms with E-state index in [1.807, 2.05) is 0 Å². The van der Waals surface area contributed by atoms with Crippen LogP contribution in [0.2, 0.25) is 0 Å². The number of anilines is 2. The van der Waals surface area contributed by atoms with E-state index < -0.39 is 16.0 Å². The molecule has 0 aliphatic carbocycles. The van der Waals surface area contributed by atoms with E-state index in [4.69, 9.17) is 5.73 Å². The van der Waals surface area contributed by atoms with Crippen LogP contribution in [0.3, 0.4) is 0 Å². The molecule has 1 aromatic heterocycles. The summed E-state index contributed by atoms with van der Waals surface area (Å²) in [5.41, 5.74) is 5.69. The molecule has 1 heterocycles. The Morgan fingerprint density at radius 3 is 2.50 bits per heavy atom. The van der Waals surface area contributed by atoms with E-state index in [1.165, 1.54) is 24.3 Å². The Kier molecular flexibility index (Phi) is 3.15. The summed E-state index contributed by atoms with van der Waals surface area (Å²) in [5, 5.41) is 0. The van der Waals surface area contributed by atoms with Gasteiger partial charge in [0.25, 0.3) is 10.0 Å². The summed E-state index contributed by atoms with van der Waals surface area (Å²) in [6.45, 7) is 0. The number of benzene rings is 1. The maximum atomic E-state index is 12.9. The van der Waals surface area contributed by atoms with Crippen molar-refractivity contribution in [1.29, 1.82) is 0 Å². The van der Waals surface area contributed by atoms with Gasteiger partial charge in [-0.05, 0) is 24.3 Å². The van der Waals surface area contributed by atoms with Gasteiger partial charge in [-0.1, -0.05) is 18.2 Å². The van der Waals surface area contributed by atoms with E-state index in [1.54, 1.807) is 12.1 Å². The molecular formula is C11H10FN3O2S. The predicted octanol–water partition coefficient (Wildman–Crippen LogP) is 1.60. The molecule has 2 aromatic rings. The van der Waals surface area contributed by atoms with Crippen LogP contribution < -0.4 is 10.5 Å². The number of nitrogen functional groups attached to an aromatic ring is 1. The van der Waals surface area contributed by atoms with Crippen LogP contribution >= 0.6 is 0 Å². The van der Waals surface area contributed by atoms with Crippen molar-refractivity contribution in [2.75, 3.05) is 10.5 Å². The van der Waals surface area contributed by atoms with Crippen molar-refractivity contribution in [3.05, 3.63) is 48.4 Å². The summed E-state index contributed by atoms with van der Waals surface area (Å²) >= 11 is 0. The molecule has 94 valence electrons. The van der Waals surface area contributed by atoms with Gasteiger partial charge in [-0.3, -0.25) is 4.72 Å². The van der Waals surface area contributed by atoms with Crippen LogP contribution in [0.1, 0.15) is 0 Å². The Morgan fingerprint density at radius 2 is 1.83 bits per heavy atom. The molecule has 2 rings (SSSR count). The first-order valence-corrected chi connectivity index (χ1v) is 6.47. The topological polar surface area (TPSA) is 85.1 Å². The Morgan fingerprint density at radius 1 is 1.11 bits per heavy atom. The number of nitrogens with zero attached hydrogens (tertiary/aromatic N) is 1. The molecule has 0 atom stereocenters. The molecule has 0 aliphatic heterocycles. The van der Waals surface area contributed by atoms with E-state index in [0.717, 1.165) is 6.07 Å². The lowest BCUT2D eigenvalue weighted by atomic mass is 10.3. The van der Waals surface area contributed by atoms with Gasteiger partial charge in [-0.25, -0.2) is 13.4 Å². The van der Waals surface area contributed by atoms with E-state index in [2.05, 4.69) is 9.71 Å². The van der Waals surface area contributed by atoms with E-state index in [-0.39, 0.29) is 16.4 Å². The lowest BCUT2D eigenvalue weighted by Gasteiger charge is -2.08. The third-order valence-corrected chi connectivity index (χ3v) is 3.59. The molecule has 5 nitrogen and oxygen atoms in total. The smallest absolute Gasteiger partial charge is 0.265 e. The molecule has 0 spiro atoms. The second-order valence-electron chi connectivity index (χ2n) is 3.49. The normalized spacial score (nSPS) is 11.2. The Bertz CT molecular complexity index is 673. The molecular weight excluding hydrogens is 257 g/mol. The monoisotopic (exact) mass is 267 g/mol. The first-order chi connectivity index (χ1) is 8.49. The number of halogens is 1. The fraction of sp³-hybridized carbons (Fsp3) is 0. The molecule has 0 aliphatic rings. The molecule has 0 amide bonds. The third-order valence-electron chi connectivity index (χ3n) is 2.16. The standard InChI is InChI=1S/C11H10FN3O2S/c12-10-6-3-7-11(14-10)15-18(16,17)9-5-2-1-4-8(9)13/h1-7H,13H2,(H,14,15). The molecule has 18 heavy (non-hydrogen) atoms. The predicted molar refractivity (Wildman–Crippen MR) is 65.9 cm³/mol. The second kappa shape index (κ2) is 4.61. The van der Waals surface area contributed by atoms with Crippen LogP contribution in [0.5, 0.6) is 0 Å². The number of nitrogens with one attached hydrogen (secondary N) is 1. The zero-order valence-electron chi connectivity index (χ0n) is 9.17. The highest BCUT2D eigenvalue weighted by Gasteiger charge is 2.17. The molecule has 1 aromatic carbocycles. The van der Waals surface area contributed by atoms with Gasteiger partial charge in [0.2, 0.25) is 5.95 Å². The first kappa shape index (κ1) is 12.3. The fourth-order valence-corrected chi connectivity index (χ4v) is 2.52. The number of sulfonamides is 1. The molecule has 7 heteroatoms. The van der Waals surface area contributed by atoms with Crippen molar-refractivity contribution in [2.45, 2.75) is 4.90 Å². The number of hydrogen-bond acceptors (Lipinski definition) is 4. The van der Waals surface area contributed by atoms with Crippen molar-refractivity contribution in [2.24, 2.45) is 0 Å². The van der Waals surface area contributed by atoms with Crippen LogP contribution in [-0.4, -0.2) is 13.4 Å². The van der Waals surface area contributed by atoms with Crippen LogP contribution in [0.4, 0.5) is 15.9 Å². The SMILES string of the molecule is Nc1ccccc1S(=O)(=O)Nc1cccc(F)n1. The summed E-state index contributed by atoms with van der Waals surface area (Å²) in [6.07, 6.45) is 0. The lowest BCUT2D eigenvalue weighted by Crippen LogP contribution is -2.15. The van der Waals surface area contributed by atoms with Crippen LogP contribution in [0.15, 0.2) is 47.4 Å². The van der Waals surface area contributed by atoms with Crippen LogP contribution in [-0.2, 0) is 10.0 Å². The summed E-state index contributed by atoms with van der Waals surface area (Å²) in [7, 11) is -3.86. The number of aromatic nitrogens is 1. The van der Waals surface area contributed by atoms with Gasteiger partial charge in [0.05, 0.1) is 5.69 Å². The molecule has 0 fully saturated rings. The fourth-order valence-electron chi connectivity index (χ4n) is 1.38.